The van der Waals surface area contributed by atoms with E-state index in [-0.39, 0.29) is 17.5 Å². The summed E-state index contributed by atoms with van der Waals surface area (Å²) in [5.74, 6) is 1.31. The van der Waals surface area contributed by atoms with Crippen molar-refractivity contribution in [3.05, 3.63) is 0 Å². The molecule has 0 aliphatic carbocycles. The van der Waals surface area contributed by atoms with Crippen LogP contribution in [0.4, 0.5) is 23.3 Å². The van der Waals surface area contributed by atoms with Gasteiger partial charge in [0.1, 0.15) is 5.69 Å². The van der Waals surface area contributed by atoms with Gasteiger partial charge in [-0.3, -0.25) is 0 Å². The Morgan fingerprint density at radius 1 is 1.32 bits per heavy atom. The SMILES string of the molecule is CC(C)(C)Nc1nc(N)c(N)c(N2CC[C@H](O)C2)n1. The maximum atomic E-state index is 9.60. The van der Waals surface area contributed by atoms with Gasteiger partial charge in [0.05, 0.1) is 6.10 Å². The summed E-state index contributed by atoms with van der Waals surface area (Å²) >= 11 is 0. The van der Waals surface area contributed by atoms with Crippen molar-refractivity contribution in [1.82, 2.24) is 9.97 Å². The Bertz CT molecular complexity index is 470. The van der Waals surface area contributed by atoms with Crippen molar-refractivity contribution in [3.63, 3.8) is 0 Å². The Balaban J connectivity index is 2.32. The summed E-state index contributed by atoms with van der Waals surface area (Å²) in [5, 5.41) is 12.8. The molecule has 1 aromatic rings. The number of hydrogen-bond acceptors (Lipinski definition) is 7. The number of hydrogen-bond donors (Lipinski definition) is 4. The molecular weight excluding hydrogens is 244 g/mol. The summed E-state index contributed by atoms with van der Waals surface area (Å²) in [6.07, 6.45) is 0.375. The zero-order valence-electron chi connectivity index (χ0n) is 11.6. The van der Waals surface area contributed by atoms with Crippen molar-refractivity contribution < 1.29 is 5.11 Å². The van der Waals surface area contributed by atoms with Crippen LogP contribution in [-0.4, -0.2) is 39.8 Å². The third kappa shape index (κ3) is 3.17. The second kappa shape index (κ2) is 4.73. The van der Waals surface area contributed by atoms with E-state index < -0.39 is 0 Å². The number of nitrogens with one attached hydrogen (secondary N) is 1. The summed E-state index contributed by atoms with van der Waals surface area (Å²) in [7, 11) is 0. The average molecular weight is 266 g/mol. The molecule has 7 heteroatoms. The van der Waals surface area contributed by atoms with Gasteiger partial charge in [-0.2, -0.15) is 9.97 Å². The minimum atomic E-state index is -0.338. The molecule has 0 saturated carbocycles. The first-order valence-corrected chi connectivity index (χ1v) is 6.40. The number of rotatable bonds is 2. The number of nitrogen functional groups attached to an aromatic ring is 2. The topological polar surface area (TPSA) is 113 Å². The summed E-state index contributed by atoms with van der Waals surface area (Å²) in [6.45, 7) is 7.29. The zero-order valence-corrected chi connectivity index (χ0v) is 11.6. The standard InChI is InChI=1S/C12H22N6O/c1-12(2,3)17-11-15-9(14)8(13)10(16-11)18-5-4-7(19)6-18/h7,19H,4-6,13H2,1-3H3,(H3,14,15,16,17)/t7-/m0/s1. The molecule has 19 heavy (non-hydrogen) atoms. The van der Waals surface area contributed by atoms with Gasteiger partial charge < -0.3 is 26.8 Å². The van der Waals surface area contributed by atoms with Gasteiger partial charge in [-0.05, 0) is 27.2 Å². The molecule has 1 fully saturated rings. The maximum absolute atomic E-state index is 9.60. The van der Waals surface area contributed by atoms with Crippen molar-refractivity contribution in [1.29, 1.82) is 0 Å². The Kier molecular flexibility index (Phi) is 3.40. The molecule has 2 rings (SSSR count). The quantitative estimate of drug-likeness (QED) is 0.613. The lowest BCUT2D eigenvalue weighted by molar-refractivity contribution is 0.198. The van der Waals surface area contributed by atoms with Gasteiger partial charge in [0.25, 0.3) is 0 Å². The lowest BCUT2D eigenvalue weighted by Crippen LogP contribution is -2.29. The normalized spacial score (nSPS) is 19.8. The van der Waals surface area contributed by atoms with Crippen molar-refractivity contribution in [2.75, 3.05) is 34.8 Å². The monoisotopic (exact) mass is 266 g/mol. The minimum absolute atomic E-state index is 0.162. The molecule has 0 aromatic carbocycles. The van der Waals surface area contributed by atoms with Gasteiger partial charge in [0, 0.05) is 18.6 Å². The van der Waals surface area contributed by atoms with Crippen LogP contribution in [0, 0.1) is 0 Å². The number of β-amino-alcohol motifs (C(OH)–C–C–N with tert-alkyl or cyclic N) is 1. The molecule has 0 spiro atoms. The molecule has 7 nitrogen and oxygen atoms in total. The van der Waals surface area contributed by atoms with Gasteiger partial charge in [0.15, 0.2) is 11.6 Å². The van der Waals surface area contributed by atoms with E-state index in [1.54, 1.807) is 0 Å². The van der Waals surface area contributed by atoms with Gasteiger partial charge in [-0.1, -0.05) is 0 Å². The maximum Gasteiger partial charge on any atom is 0.227 e. The first kappa shape index (κ1) is 13.7. The largest absolute Gasteiger partial charge is 0.393 e. The lowest BCUT2D eigenvalue weighted by atomic mass is 10.1. The van der Waals surface area contributed by atoms with Crippen LogP contribution in [0.1, 0.15) is 27.2 Å². The van der Waals surface area contributed by atoms with Gasteiger partial charge in [0.2, 0.25) is 5.95 Å². The molecule has 1 saturated heterocycles. The second-order valence-corrected chi connectivity index (χ2v) is 5.93. The molecule has 6 N–H and O–H groups in total. The number of nitrogens with two attached hydrogens (primary N) is 2. The number of aromatic nitrogens is 2. The average Bonchev–Trinajstić information content (AvgIpc) is 2.67. The predicted molar refractivity (Wildman–Crippen MR) is 77.1 cm³/mol. The van der Waals surface area contributed by atoms with Gasteiger partial charge in [-0.15, -0.1) is 0 Å². The molecule has 2 heterocycles. The van der Waals surface area contributed by atoms with Crippen molar-refractivity contribution in [3.8, 4) is 0 Å². The Morgan fingerprint density at radius 2 is 2.00 bits per heavy atom. The van der Waals surface area contributed by atoms with E-state index in [2.05, 4.69) is 15.3 Å². The van der Waals surface area contributed by atoms with E-state index in [9.17, 15) is 5.11 Å². The van der Waals surface area contributed by atoms with Crippen LogP contribution in [0.5, 0.6) is 0 Å². The fraction of sp³-hybridized carbons (Fsp3) is 0.667. The Hall–Kier alpha value is -1.76. The molecule has 0 bridgehead atoms. The van der Waals surface area contributed by atoms with Crippen LogP contribution in [0.3, 0.4) is 0 Å². The zero-order chi connectivity index (χ0) is 14.2. The minimum Gasteiger partial charge on any atom is -0.393 e. The van der Waals surface area contributed by atoms with Crippen LogP contribution in [0.2, 0.25) is 0 Å². The van der Waals surface area contributed by atoms with Crippen molar-refractivity contribution >= 4 is 23.3 Å². The van der Waals surface area contributed by atoms with Crippen molar-refractivity contribution in [2.45, 2.75) is 38.8 Å². The van der Waals surface area contributed by atoms with Gasteiger partial charge in [-0.25, -0.2) is 0 Å². The van der Waals surface area contributed by atoms with E-state index in [0.717, 1.165) is 6.54 Å². The summed E-state index contributed by atoms with van der Waals surface area (Å²) < 4.78 is 0. The first-order valence-electron chi connectivity index (χ1n) is 6.40. The van der Waals surface area contributed by atoms with E-state index in [4.69, 9.17) is 11.5 Å². The number of nitrogens with zero attached hydrogens (tertiary/aromatic N) is 3. The molecule has 1 atom stereocenters. The Labute approximate surface area is 113 Å². The summed E-state index contributed by atoms with van der Waals surface area (Å²) in [6, 6.07) is 0. The molecule has 1 aromatic heterocycles. The highest BCUT2D eigenvalue weighted by Crippen LogP contribution is 2.30. The van der Waals surface area contributed by atoms with E-state index in [1.807, 2.05) is 25.7 Å². The Morgan fingerprint density at radius 3 is 2.53 bits per heavy atom. The molecule has 0 unspecified atom stereocenters. The molecule has 106 valence electrons. The molecule has 0 radical (unpaired) electrons. The fourth-order valence-corrected chi connectivity index (χ4v) is 2.04. The van der Waals surface area contributed by atoms with E-state index >= 15 is 0 Å². The molecule has 1 aliphatic rings. The van der Waals surface area contributed by atoms with Crippen LogP contribution < -0.4 is 21.7 Å². The number of aliphatic hydroxyl groups excluding tert-OH is 1. The highest BCUT2D eigenvalue weighted by molar-refractivity contribution is 5.75. The lowest BCUT2D eigenvalue weighted by Gasteiger charge is -2.24. The smallest absolute Gasteiger partial charge is 0.227 e. The van der Waals surface area contributed by atoms with Crippen LogP contribution in [0.15, 0.2) is 0 Å². The molecular formula is C12H22N6O. The number of anilines is 4. The third-order valence-corrected chi connectivity index (χ3v) is 2.90. The summed E-state index contributed by atoms with van der Waals surface area (Å²) in [5.41, 5.74) is 12.0. The molecule has 1 aliphatic heterocycles. The fourth-order valence-electron chi connectivity index (χ4n) is 2.04. The van der Waals surface area contributed by atoms with E-state index in [1.165, 1.54) is 0 Å². The highest BCUT2D eigenvalue weighted by atomic mass is 16.3. The van der Waals surface area contributed by atoms with Crippen LogP contribution in [-0.2, 0) is 0 Å². The third-order valence-electron chi connectivity index (χ3n) is 2.90. The van der Waals surface area contributed by atoms with Gasteiger partial charge >= 0.3 is 0 Å². The van der Waals surface area contributed by atoms with Crippen LogP contribution in [0.25, 0.3) is 0 Å². The van der Waals surface area contributed by atoms with Crippen LogP contribution >= 0.6 is 0 Å². The predicted octanol–water partition coefficient (Wildman–Crippen LogP) is 0.422. The van der Waals surface area contributed by atoms with Crippen molar-refractivity contribution in [2.24, 2.45) is 0 Å². The second-order valence-electron chi connectivity index (χ2n) is 5.93. The first-order chi connectivity index (χ1) is 8.76. The number of aliphatic hydroxyl groups is 1. The van der Waals surface area contributed by atoms with E-state index in [0.29, 0.717) is 30.4 Å². The molecule has 0 amide bonds. The highest BCUT2D eigenvalue weighted by Gasteiger charge is 2.25. The summed E-state index contributed by atoms with van der Waals surface area (Å²) in [4.78, 5) is 10.5.